The molecule has 0 spiro atoms. The Morgan fingerprint density at radius 2 is 0.658 bits per heavy atom. The normalized spacial score (nSPS) is 13.7. The van der Waals surface area contributed by atoms with Crippen LogP contribution in [0.5, 0.6) is 0 Å². The number of hydrogen-bond acceptors (Lipinski definition) is 2. The fourth-order valence-electron chi connectivity index (χ4n) is 6.06. The van der Waals surface area contributed by atoms with Gasteiger partial charge in [-0.25, -0.2) is 0 Å². The molecule has 0 aromatic rings. The Bertz CT molecular complexity index is 499. The first-order valence-electron chi connectivity index (χ1n) is 17.8. The van der Waals surface area contributed by atoms with Gasteiger partial charge in [-0.2, -0.15) is 0 Å². The molecular weight excluding hydrogens is 460 g/mol. The fourth-order valence-corrected chi connectivity index (χ4v) is 6.06. The van der Waals surface area contributed by atoms with Crippen LogP contribution in [0.4, 0.5) is 0 Å². The van der Waals surface area contributed by atoms with Gasteiger partial charge in [-0.05, 0) is 18.8 Å². The predicted molar refractivity (Wildman–Crippen MR) is 174 cm³/mol. The Morgan fingerprint density at radius 3 is 0.947 bits per heavy atom. The average Bonchev–Trinajstić information content (AvgIpc) is 3.44. The average molecular weight is 530 g/mol. The van der Waals surface area contributed by atoms with Crippen molar-refractivity contribution in [2.24, 2.45) is 15.9 Å². The SMILES string of the molecule is CCCCCCCCCCCCCCCCCCC(CCCCCCCCCCCCC)C[C+]1N=CC=N1. The number of unbranched alkanes of at least 4 members (excludes halogenated alkanes) is 25. The highest BCUT2D eigenvalue weighted by Gasteiger charge is 2.22. The van der Waals surface area contributed by atoms with Crippen molar-refractivity contribution >= 4 is 12.4 Å². The summed E-state index contributed by atoms with van der Waals surface area (Å²) in [4.78, 5) is 8.95. The maximum Gasteiger partial charge on any atom is 0.240 e. The third-order valence-corrected chi connectivity index (χ3v) is 8.67. The van der Waals surface area contributed by atoms with E-state index >= 15 is 0 Å². The maximum absolute atomic E-state index is 4.47. The molecule has 2 heteroatoms. The van der Waals surface area contributed by atoms with Gasteiger partial charge < -0.3 is 0 Å². The van der Waals surface area contributed by atoms with Crippen LogP contribution >= 0.6 is 0 Å². The summed E-state index contributed by atoms with van der Waals surface area (Å²) < 4.78 is 0. The highest BCUT2D eigenvalue weighted by Crippen LogP contribution is 2.28. The van der Waals surface area contributed by atoms with Crippen LogP contribution in [0.3, 0.4) is 0 Å². The van der Waals surface area contributed by atoms with Crippen LogP contribution in [0.2, 0.25) is 0 Å². The van der Waals surface area contributed by atoms with Crippen molar-refractivity contribution in [1.82, 2.24) is 0 Å². The molecule has 2 nitrogen and oxygen atoms in total. The van der Waals surface area contributed by atoms with E-state index in [0.717, 1.165) is 18.5 Å². The van der Waals surface area contributed by atoms with Crippen LogP contribution in [0.15, 0.2) is 9.98 Å². The Hall–Kier alpha value is -0.790. The lowest BCUT2D eigenvalue weighted by molar-refractivity contribution is 0.384. The van der Waals surface area contributed by atoms with Gasteiger partial charge in [-0.15, -0.1) is 0 Å². The molecule has 1 unspecified atom stereocenters. The molecule has 1 heterocycles. The number of hydrogen-bond donors (Lipinski definition) is 0. The summed E-state index contributed by atoms with van der Waals surface area (Å²) in [5.74, 6) is 0.794. The van der Waals surface area contributed by atoms with E-state index in [1.807, 2.05) is 12.4 Å². The van der Waals surface area contributed by atoms with Crippen LogP contribution in [-0.4, -0.2) is 12.4 Å². The molecular formula is C36H69N2+. The van der Waals surface area contributed by atoms with E-state index in [9.17, 15) is 0 Å². The van der Waals surface area contributed by atoms with E-state index in [1.165, 1.54) is 186 Å². The first-order chi connectivity index (χ1) is 18.9. The minimum absolute atomic E-state index is 0.794. The summed E-state index contributed by atoms with van der Waals surface area (Å²) in [5, 5.41) is 0. The Kier molecular flexibility index (Phi) is 27.1. The van der Waals surface area contributed by atoms with Crippen molar-refractivity contribution in [1.29, 1.82) is 0 Å². The summed E-state index contributed by atoms with van der Waals surface area (Å²) in [7, 11) is 0. The van der Waals surface area contributed by atoms with Crippen LogP contribution in [0.1, 0.15) is 206 Å². The molecule has 0 aromatic heterocycles. The van der Waals surface area contributed by atoms with E-state index in [1.54, 1.807) is 0 Å². The molecule has 0 N–H and O–H groups in total. The highest BCUT2D eigenvalue weighted by molar-refractivity contribution is 6.18. The summed E-state index contributed by atoms with van der Waals surface area (Å²) >= 11 is 0. The third-order valence-electron chi connectivity index (χ3n) is 8.67. The second-order valence-electron chi connectivity index (χ2n) is 12.5. The maximum atomic E-state index is 4.47. The molecule has 0 bridgehead atoms. The van der Waals surface area contributed by atoms with Crippen molar-refractivity contribution in [3.8, 4) is 0 Å². The third kappa shape index (κ3) is 24.3. The summed E-state index contributed by atoms with van der Waals surface area (Å²) in [6.07, 6.45) is 47.6. The molecule has 1 aliphatic rings. The van der Waals surface area contributed by atoms with Crippen LogP contribution in [-0.2, 0) is 0 Å². The predicted octanol–water partition coefficient (Wildman–Crippen LogP) is 13.0. The highest BCUT2D eigenvalue weighted by atomic mass is 15.0. The number of nitrogens with zero attached hydrogens (tertiary/aromatic N) is 2. The van der Waals surface area contributed by atoms with E-state index in [4.69, 9.17) is 0 Å². The van der Waals surface area contributed by atoms with Gasteiger partial charge in [-0.3, -0.25) is 0 Å². The zero-order chi connectivity index (χ0) is 27.2. The van der Waals surface area contributed by atoms with Gasteiger partial charge in [0.15, 0.2) is 12.4 Å². The van der Waals surface area contributed by atoms with Crippen LogP contribution in [0.25, 0.3) is 0 Å². The molecule has 0 saturated heterocycles. The van der Waals surface area contributed by atoms with E-state index < -0.39 is 0 Å². The number of rotatable bonds is 31. The standard InChI is InChI=1S/C36H69N2/c1-3-5-7-9-11-13-15-16-17-18-19-21-23-25-27-29-31-35(34-36-37-32-33-38-36)30-28-26-24-22-20-14-12-10-8-6-4-2/h32-33,35H,3-31,34H2,1-2H3/q+1. The second kappa shape index (κ2) is 29.2. The molecule has 0 radical (unpaired) electrons. The van der Waals surface area contributed by atoms with Gasteiger partial charge in [0.2, 0.25) is 6.17 Å². The fraction of sp³-hybridized carbons (Fsp3) is 0.917. The molecule has 222 valence electrons. The van der Waals surface area contributed by atoms with Crippen LogP contribution < -0.4 is 0 Å². The molecule has 0 saturated carbocycles. The quantitative estimate of drug-likeness (QED) is 0.0630. The smallest absolute Gasteiger partial charge is 0.0968 e. The monoisotopic (exact) mass is 530 g/mol. The van der Waals surface area contributed by atoms with Crippen molar-refractivity contribution in [3.63, 3.8) is 0 Å². The molecule has 0 aliphatic carbocycles. The molecule has 38 heavy (non-hydrogen) atoms. The largest absolute Gasteiger partial charge is 0.240 e. The van der Waals surface area contributed by atoms with Crippen molar-refractivity contribution in [2.75, 3.05) is 0 Å². The minimum atomic E-state index is 0.794. The Morgan fingerprint density at radius 1 is 0.395 bits per heavy atom. The van der Waals surface area contributed by atoms with Gasteiger partial charge in [0.25, 0.3) is 0 Å². The first-order valence-corrected chi connectivity index (χ1v) is 17.8. The lowest BCUT2D eigenvalue weighted by Gasteiger charge is -2.15. The van der Waals surface area contributed by atoms with Crippen molar-refractivity contribution in [3.05, 3.63) is 6.17 Å². The summed E-state index contributed by atoms with van der Waals surface area (Å²) in [6.45, 7) is 4.61. The van der Waals surface area contributed by atoms with Crippen molar-refractivity contribution in [2.45, 2.75) is 206 Å². The topological polar surface area (TPSA) is 24.7 Å². The molecule has 1 rings (SSSR count). The van der Waals surface area contributed by atoms with Gasteiger partial charge in [0.05, 0.1) is 6.42 Å². The van der Waals surface area contributed by atoms with Gasteiger partial charge in [0, 0.05) is 0 Å². The van der Waals surface area contributed by atoms with E-state index in [2.05, 4.69) is 23.8 Å². The Labute approximate surface area is 240 Å². The van der Waals surface area contributed by atoms with Gasteiger partial charge in [-0.1, -0.05) is 197 Å². The Balaban J connectivity index is 1.95. The molecule has 1 aliphatic heterocycles. The van der Waals surface area contributed by atoms with E-state index in [0.29, 0.717) is 0 Å². The lowest BCUT2D eigenvalue weighted by atomic mass is 9.90. The first kappa shape index (κ1) is 35.2. The molecule has 0 fully saturated rings. The number of aliphatic imine (C=N–C) groups is 2. The summed E-state index contributed by atoms with van der Waals surface area (Å²) in [6, 6.07) is 0. The lowest BCUT2D eigenvalue weighted by Crippen LogP contribution is -2.05. The zero-order valence-electron chi connectivity index (χ0n) is 26.3. The molecule has 1 atom stereocenters. The summed E-state index contributed by atoms with van der Waals surface area (Å²) in [5.41, 5.74) is 0. The van der Waals surface area contributed by atoms with Crippen molar-refractivity contribution < 1.29 is 0 Å². The van der Waals surface area contributed by atoms with Gasteiger partial charge >= 0.3 is 0 Å². The van der Waals surface area contributed by atoms with Gasteiger partial charge in [0.1, 0.15) is 0 Å². The van der Waals surface area contributed by atoms with E-state index in [-0.39, 0.29) is 0 Å². The molecule has 0 amide bonds. The second-order valence-corrected chi connectivity index (χ2v) is 12.5. The zero-order valence-corrected chi connectivity index (χ0v) is 26.3. The van der Waals surface area contributed by atoms with Crippen LogP contribution in [0, 0.1) is 12.1 Å². The minimum Gasteiger partial charge on any atom is -0.0968 e. The molecule has 0 aromatic carbocycles.